The minimum Gasteiger partial charge on any atom is -0.353 e. The maximum atomic E-state index is 5.62. The van der Waals surface area contributed by atoms with Crippen LogP contribution in [0, 0.1) is 5.92 Å². The standard InChI is InChI=1S/C9H19NO2/c1-11-9(12-2)5-3-4-8(6-9)7-10/h8H,3-7,10H2,1-2H3. The second-order valence-electron chi connectivity index (χ2n) is 3.52. The number of methoxy groups -OCH3 is 2. The molecule has 0 aliphatic heterocycles. The Morgan fingerprint density at radius 3 is 2.58 bits per heavy atom. The summed E-state index contributed by atoms with van der Waals surface area (Å²) in [6, 6.07) is 0. The first-order valence-corrected chi connectivity index (χ1v) is 4.56. The van der Waals surface area contributed by atoms with Crippen LogP contribution in [0.2, 0.25) is 0 Å². The predicted molar refractivity (Wildman–Crippen MR) is 47.8 cm³/mol. The monoisotopic (exact) mass is 173 g/mol. The molecular weight excluding hydrogens is 154 g/mol. The summed E-state index contributed by atoms with van der Waals surface area (Å²) in [5.41, 5.74) is 5.62. The summed E-state index contributed by atoms with van der Waals surface area (Å²) < 4.78 is 10.8. The first kappa shape index (κ1) is 9.96. The van der Waals surface area contributed by atoms with Gasteiger partial charge in [0.25, 0.3) is 0 Å². The molecule has 1 atom stereocenters. The van der Waals surface area contributed by atoms with Crippen molar-refractivity contribution in [2.75, 3.05) is 20.8 Å². The van der Waals surface area contributed by atoms with Crippen LogP contribution in [0.25, 0.3) is 0 Å². The molecule has 0 aromatic heterocycles. The fourth-order valence-electron chi connectivity index (χ4n) is 1.96. The van der Waals surface area contributed by atoms with Crippen LogP contribution < -0.4 is 5.73 Å². The van der Waals surface area contributed by atoms with Gasteiger partial charge in [-0.05, 0) is 25.3 Å². The Labute approximate surface area is 74.2 Å². The molecule has 1 saturated carbocycles. The molecular formula is C9H19NO2. The van der Waals surface area contributed by atoms with Gasteiger partial charge >= 0.3 is 0 Å². The van der Waals surface area contributed by atoms with Gasteiger partial charge in [-0.25, -0.2) is 0 Å². The third kappa shape index (κ3) is 1.97. The van der Waals surface area contributed by atoms with Crippen molar-refractivity contribution in [1.29, 1.82) is 0 Å². The smallest absolute Gasteiger partial charge is 0.167 e. The van der Waals surface area contributed by atoms with Crippen LogP contribution in [0.3, 0.4) is 0 Å². The number of rotatable bonds is 3. The van der Waals surface area contributed by atoms with E-state index in [1.54, 1.807) is 14.2 Å². The SMILES string of the molecule is COC1(OC)CCCC(CN)C1. The van der Waals surface area contributed by atoms with Crippen LogP contribution in [-0.2, 0) is 9.47 Å². The summed E-state index contributed by atoms with van der Waals surface area (Å²) in [6.45, 7) is 0.745. The van der Waals surface area contributed by atoms with E-state index in [0.717, 1.165) is 25.8 Å². The highest BCUT2D eigenvalue weighted by atomic mass is 16.7. The minimum absolute atomic E-state index is 0.345. The Hall–Kier alpha value is -0.120. The lowest BCUT2D eigenvalue weighted by Crippen LogP contribution is -2.40. The molecule has 0 amide bonds. The van der Waals surface area contributed by atoms with E-state index in [-0.39, 0.29) is 5.79 Å². The number of hydrogen-bond donors (Lipinski definition) is 1. The van der Waals surface area contributed by atoms with E-state index in [4.69, 9.17) is 15.2 Å². The highest BCUT2D eigenvalue weighted by Crippen LogP contribution is 2.34. The molecule has 1 aliphatic rings. The maximum Gasteiger partial charge on any atom is 0.167 e. The van der Waals surface area contributed by atoms with Crippen LogP contribution >= 0.6 is 0 Å². The minimum atomic E-state index is -0.345. The van der Waals surface area contributed by atoms with Gasteiger partial charge in [0.1, 0.15) is 0 Å². The van der Waals surface area contributed by atoms with Crippen LogP contribution in [0.1, 0.15) is 25.7 Å². The van der Waals surface area contributed by atoms with Crippen molar-refractivity contribution in [2.24, 2.45) is 11.7 Å². The average Bonchev–Trinajstić information content (AvgIpc) is 2.18. The van der Waals surface area contributed by atoms with Gasteiger partial charge < -0.3 is 15.2 Å². The second kappa shape index (κ2) is 4.21. The topological polar surface area (TPSA) is 44.5 Å². The van der Waals surface area contributed by atoms with Crippen LogP contribution in [0.5, 0.6) is 0 Å². The summed E-state index contributed by atoms with van der Waals surface area (Å²) in [5, 5.41) is 0. The normalized spacial score (nSPS) is 28.8. The van der Waals surface area contributed by atoms with E-state index in [2.05, 4.69) is 0 Å². The fourth-order valence-corrected chi connectivity index (χ4v) is 1.96. The molecule has 0 bridgehead atoms. The number of nitrogens with two attached hydrogens (primary N) is 1. The molecule has 1 fully saturated rings. The van der Waals surface area contributed by atoms with Crippen molar-refractivity contribution in [3.63, 3.8) is 0 Å². The molecule has 2 N–H and O–H groups in total. The third-order valence-electron chi connectivity index (χ3n) is 2.85. The molecule has 12 heavy (non-hydrogen) atoms. The lowest BCUT2D eigenvalue weighted by Gasteiger charge is -2.38. The molecule has 3 heteroatoms. The molecule has 0 aromatic rings. The van der Waals surface area contributed by atoms with Crippen molar-refractivity contribution < 1.29 is 9.47 Å². The Morgan fingerprint density at radius 2 is 2.08 bits per heavy atom. The van der Waals surface area contributed by atoms with Gasteiger partial charge in [0.05, 0.1) is 0 Å². The Bertz CT molecular complexity index is 134. The highest BCUT2D eigenvalue weighted by Gasteiger charge is 2.35. The Morgan fingerprint density at radius 1 is 1.42 bits per heavy atom. The predicted octanol–water partition coefficient (Wildman–Crippen LogP) is 1.12. The summed E-state index contributed by atoms with van der Waals surface area (Å²) in [7, 11) is 3.42. The molecule has 0 heterocycles. The first-order chi connectivity index (χ1) is 5.76. The summed E-state index contributed by atoms with van der Waals surface area (Å²) in [4.78, 5) is 0. The van der Waals surface area contributed by atoms with Crippen LogP contribution in [-0.4, -0.2) is 26.6 Å². The van der Waals surface area contributed by atoms with E-state index in [0.29, 0.717) is 5.92 Å². The van der Waals surface area contributed by atoms with Gasteiger partial charge in [0, 0.05) is 27.1 Å². The average molecular weight is 173 g/mol. The van der Waals surface area contributed by atoms with Crippen LogP contribution in [0.15, 0.2) is 0 Å². The third-order valence-corrected chi connectivity index (χ3v) is 2.85. The van der Waals surface area contributed by atoms with Crippen molar-refractivity contribution in [2.45, 2.75) is 31.5 Å². The lowest BCUT2D eigenvalue weighted by molar-refractivity contribution is -0.230. The van der Waals surface area contributed by atoms with E-state index in [1.165, 1.54) is 6.42 Å². The van der Waals surface area contributed by atoms with E-state index >= 15 is 0 Å². The lowest BCUT2D eigenvalue weighted by atomic mass is 9.85. The second-order valence-corrected chi connectivity index (χ2v) is 3.52. The molecule has 0 radical (unpaired) electrons. The van der Waals surface area contributed by atoms with Crippen molar-refractivity contribution in [3.05, 3.63) is 0 Å². The molecule has 1 aliphatic carbocycles. The van der Waals surface area contributed by atoms with Gasteiger partial charge in [0.2, 0.25) is 0 Å². The molecule has 0 saturated heterocycles. The summed E-state index contributed by atoms with van der Waals surface area (Å²) >= 11 is 0. The van der Waals surface area contributed by atoms with Crippen LogP contribution in [0.4, 0.5) is 0 Å². The summed E-state index contributed by atoms with van der Waals surface area (Å²) in [5.74, 6) is 0.223. The first-order valence-electron chi connectivity index (χ1n) is 4.56. The molecule has 0 spiro atoms. The van der Waals surface area contributed by atoms with E-state index < -0.39 is 0 Å². The highest BCUT2D eigenvalue weighted by molar-refractivity contribution is 4.80. The zero-order valence-electron chi connectivity index (χ0n) is 8.01. The van der Waals surface area contributed by atoms with Gasteiger partial charge in [0.15, 0.2) is 5.79 Å². The van der Waals surface area contributed by atoms with Gasteiger partial charge in [-0.3, -0.25) is 0 Å². The van der Waals surface area contributed by atoms with Crippen molar-refractivity contribution >= 4 is 0 Å². The fraction of sp³-hybridized carbons (Fsp3) is 1.00. The molecule has 3 nitrogen and oxygen atoms in total. The largest absolute Gasteiger partial charge is 0.353 e. The van der Waals surface area contributed by atoms with Crippen molar-refractivity contribution in [3.8, 4) is 0 Å². The Kier molecular flexibility index (Phi) is 3.50. The molecule has 0 aromatic carbocycles. The van der Waals surface area contributed by atoms with Gasteiger partial charge in [-0.15, -0.1) is 0 Å². The van der Waals surface area contributed by atoms with E-state index in [9.17, 15) is 0 Å². The molecule has 1 unspecified atom stereocenters. The quantitative estimate of drug-likeness (QED) is 0.650. The zero-order valence-corrected chi connectivity index (χ0v) is 8.01. The molecule has 1 rings (SSSR count). The maximum absolute atomic E-state index is 5.62. The van der Waals surface area contributed by atoms with Crippen molar-refractivity contribution in [1.82, 2.24) is 0 Å². The van der Waals surface area contributed by atoms with E-state index in [1.807, 2.05) is 0 Å². The number of ether oxygens (including phenoxy) is 2. The summed E-state index contributed by atoms with van der Waals surface area (Å²) in [6.07, 6.45) is 4.31. The zero-order chi connectivity index (χ0) is 9.03. The number of hydrogen-bond acceptors (Lipinski definition) is 3. The van der Waals surface area contributed by atoms with Gasteiger partial charge in [-0.2, -0.15) is 0 Å². The molecule has 72 valence electrons. The Balaban J connectivity index is 2.52. The van der Waals surface area contributed by atoms with Gasteiger partial charge in [-0.1, -0.05) is 0 Å².